The lowest BCUT2D eigenvalue weighted by molar-refractivity contribution is 0.0736. The molecule has 0 saturated carbocycles. The SMILES string of the molecule is CC(c1ccncc1)N(C)C(=O)c1cccc(F)c1F. The largest absolute Gasteiger partial charge is 0.335 e. The summed E-state index contributed by atoms with van der Waals surface area (Å²) in [5, 5.41) is 0. The van der Waals surface area contributed by atoms with Crippen molar-refractivity contribution in [2.75, 3.05) is 7.05 Å². The Morgan fingerprint density at radius 2 is 1.85 bits per heavy atom. The van der Waals surface area contributed by atoms with Gasteiger partial charge in [0, 0.05) is 19.4 Å². The number of nitrogens with zero attached hydrogens (tertiary/aromatic N) is 2. The highest BCUT2D eigenvalue weighted by atomic mass is 19.2. The van der Waals surface area contributed by atoms with Gasteiger partial charge in [-0.2, -0.15) is 0 Å². The Morgan fingerprint density at radius 1 is 1.20 bits per heavy atom. The molecule has 2 aromatic rings. The first-order valence-corrected chi connectivity index (χ1v) is 6.13. The molecule has 1 aromatic carbocycles. The van der Waals surface area contributed by atoms with Crippen LogP contribution in [0.5, 0.6) is 0 Å². The van der Waals surface area contributed by atoms with Crippen molar-refractivity contribution in [3.63, 3.8) is 0 Å². The quantitative estimate of drug-likeness (QED) is 0.862. The van der Waals surface area contributed by atoms with Crippen LogP contribution in [0.15, 0.2) is 42.7 Å². The maximum Gasteiger partial charge on any atom is 0.257 e. The molecular formula is C15H14F2N2O. The molecule has 3 nitrogen and oxygen atoms in total. The van der Waals surface area contributed by atoms with E-state index in [1.807, 2.05) is 6.92 Å². The zero-order valence-corrected chi connectivity index (χ0v) is 11.2. The Hall–Kier alpha value is -2.30. The van der Waals surface area contributed by atoms with E-state index in [0.717, 1.165) is 11.6 Å². The minimum atomic E-state index is -1.12. The minimum absolute atomic E-state index is 0.270. The second-order valence-electron chi connectivity index (χ2n) is 4.47. The molecule has 2 rings (SSSR count). The molecule has 1 unspecified atom stereocenters. The Kier molecular flexibility index (Phi) is 4.08. The van der Waals surface area contributed by atoms with Crippen molar-refractivity contribution in [3.05, 3.63) is 65.5 Å². The third-order valence-electron chi connectivity index (χ3n) is 3.27. The molecule has 20 heavy (non-hydrogen) atoms. The average molecular weight is 276 g/mol. The Balaban J connectivity index is 2.27. The minimum Gasteiger partial charge on any atom is -0.335 e. The van der Waals surface area contributed by atoms with Gasteiger partial charge in [-0.25, -0.2) is 8.78 Å². The summed E-state index contributed by atoms with van der Waals surface area (Å²) in [4.78, 5) is 17.5. The molecule has 0 aliphatic heterocycles. The van der Waals surface area contributed by atoms with Crippen LogP contribution in [0.1, 0.15) is 28.9 Å². The molecule has 1 amide bonds. The summed E-state index contributed by atoms with van der Waals surface area (Å²) in [5.74, 6) is -2.71. The predicted molar refractivity (Wildman–Crippen MR) is 71.1 cm³/mol. The van der Waals surface area contributed by atoms with Gasteiger partial charge in [-0.3, -0.25) is 9.78 Å². The number of benzene rings is 1. The number of carbonyl (C=O) groups excluding carboxylic acids is 1. The first-order valence-electron chi connectivity index (χ1n) is 6.13. The molecule has 5 heteroatoms. The molecule has 104 valence electrons. The molecule has 1 aromatic heterocycles. The summed E-state index contributed by atoms with van der Waals surface area (Å²) in [6.45, 7) is 1.81. The van der Waals surface area contributed by atoms with Gasteiger partial charge in [-0.15, -0.1) is 0 Å². The van der Waals surface area contributed by atoms with Gasteiger partial charge in [-0.05, 0) is 36.8 Å². The van der Waals surface area contributed by atoms with E-state index in [1.165, 1.54) is 17.0 Å². The normalized spacial score (nSPS) is 12.0. The van der Waals surface area contributed by atoms with Crippen molar-refractivity contribution in [1.82, 2.24) is 9.88 Å². The Bertz CT molecular complexity index is 617. The Morgan fingerprint density at radius 3 is 2.50 bits per heavy atom. The Labute approximate surface area is 115 Å². The van der Waals surface area contributed by atoms with E-state index in [1.54, 1.807) is 31.6 Å². The van der Waals surface area contributed by atoms with Gasteiger partial charge >= 0.3 is 0 Å². The number of halogens is 2. The van der Waals surface area contributed by atoms with Crippen molar-refractivity contribution in [1.29, 1.82) is 0 Å². The van der Waals surface area contributed by atoms with Crippen molar-refractivity contribution < 1.29 is 13.6 Å². The maximum absolute atomic E-state index is 13.6. The van der Waals surface area contributed by atoms with Crippen LogP contribution in [0.2, 0.25) is 0 Å². The number of hydrogen-bond donors (Lipinski definition) is 0. The summed E-state index contributed by atoms with van der Waals surface area (Å²) in [7, 11) is 1.55. The lowest BCUT2D eigenvalue weighted by atomic mass is 10.1. The summed E-state index contributed by atoms with van der Waals surface area (Å²) in [6, 6.07) is 6.85. The maximum atomic E-state index is 13.6. The summed E-state index contributed by atoms with van der Waals surface area (Å²) >= 11 is 0. The van der Waals surface area contributed by atoms with Gasteiger partial charge < -0.3 is 4.90 Å². The summed E-state index contributed by atoms with van der Waals surface area (Å²) in [5.41, 5.74) is 0.598. The van der Waals surface area contributed by atoms with Crippen LogP contribution in [0.4, 0.5) is 8.78 Å². The highest BCUT2D eigenvalue weighted by Crippen LogP contribution is 2.21. The third kappa shape index (κ3) is 2.66. The van der Waals surface area contributed by atoms with Crippen molar-refractivity contribution in [2.45, 2.75) is 13.0 Å². The van der Waals surface area contributed by atoms with Crippen molar-refractivity contribution >= 4 is 5.91 Å². The van der Waals surface area contributed by atoms with Gasteiger partial charge in [0.05, 0.1) is 11.6 Å². The molecule has 0 radical (unpaired) electrons. The standard InChI is InChI=1S/C15H14F2N2O/c1-10(11-6-8-18-9-7-11)19(2)15(20)12-4-3-5-13(16)14(12)17/h3-10H,1-2H3. The lowest BCUT2D eigenvalue weighted by Gasteiger charge is -2.25. The molecule has 0 saturated heterocycles. The molecular weight excluding hydrogens is 262 g/mol. The number of hydrogen-bond acceptors (Lipinski definition) is 2. The van der Waals surface area contributed by atoms with Crippen LogP contribution in [0.25, 0.3) is 0 Å². The average Bonchev–Trinajstić information content (AvgIpc) is 2.48. The molecule has 0 aliphatic rings. The summed E-state index contributed by atoms with van der Waals surface area (Å²) in [6.07, 6.45) is 3.24. The topological polar surface area (TPSA) is 33.2 Å². The van der Waals surface area contributed by atoms with E-state index in [0.29, 0.717) is 0 Å². The van der Waals surface area contributed by atoms with Crippen molar-refractivity contribution in [3.8, 4) is 0 Å². The fourth-order valence-corrected chi connectivity index (χ4v) is 1.90. The zero-order chi connectivity index (χ0) is 14.7. The first-order chi connectivity index (χ1) is 9.52. The number of aromatic nitrogens is 1. The predicted octanol–water partition coefficient (Wildman–Crippen LogP) is 3.19. The van der Waals surface area contributed by atoms with Crippen LogP contribution in [0.3, 0.4) is 0 Å². The second-order valence-corrected chi connectivity index (χ2v) is 4.47. The second kappa shape index (κ2) is 5.77. The third-order valence-corrected chi connectivity index (χ3v) is 3.27. The van der Waals surface area contributed by atoms with Gasteiger partial charge in [-0.1, -0.05) is 6.07 Å². The molecule has 0 spiro atoms. The van der Waals surface area contributed by atoms with Crippen LogP contribution < -0.4 is 0 Å². The first kappa shape index (κ1) is 14.1. The van der Waals surface area contributed by atoms with Crippen LogP contribution >= 0.6 is 0 Å². The van der Waals surface area contributed by atoms with E-state index < -0.39 is 17.5 Å². The van der Waals surface area contributed by atoms with E-state index >= 15 is 0 Å². The molecule has 0 aliphatic carbocycles. The number of pyridine rings is 1. The van der Waals surface area contributed by atoms with E-state index in [-0.39, 0.29) is 11.6 Å². The van der Waals surface area contributed by atoms with Gasteiger partial charge in [0.15, 0.2) is 11.6 Å². The summed E-state index contributed by atoms with van der Waals surface area (Å²) < 4.78 is 26.8. The number of rotatable bonds is 3. The smallest absolute Gasteiger partial charge is 0.257 e. The highest BCUT2D eigenvalue weighted by Gasteiger charge is 2.22. The van der Waals surface area contributed by atoms with Gasteiger partial charge in [0.1, 0.15) is 0 Å². The van der Waals surface area contributed by atoms with E-state index in [9.17, 15) is 13.6 Å². The van der Waals surface area contributed by atoms with Crippen LogP contribution in [-0.4, -0.2) is 22.8 Å². The number of carbonyl (C=O) groups is 1. The van der Waals surface area contributed by atoms with E-state index in [2.05, 4.69) is 4.98 Å². The zero-order valence-electron chi connectivity index (χ0n) is 11.2. The van der Waals surface area contributed by atoms with Gasteiger partial charge in [0.2, 0.25) is 0 Å². The lowest BCUT2D eigenvalue weighted by Crippen LogP contribution is -2.30. The van der Waals surface area contributed by atoms with E-state index in [4.69, 9.17) is 0 Å². The monoisotopic (exact) mass is 276 g/mol. The molecule has 0 bridgehead atoms. The van der Waals surface area contributed by atoms with Gasteiger partial charge in [0.25, 0.3) is 5.91 Å². The fourth-order valence-electron chi connectivity index (χ4n) is 1.90. The fraction of sp³-hybridized carbons (Fsp3) is 0.200. The van der Waals surface area contributed by atoms with Crippen LogP contribution in [-0.2, 0) is 0 Å². The molecule has 0 N–H and O–H groups in total. The van der Waals surface area contributed by atoms with Crippen molar-refractivity contribution in [2.24, 2.45) is 0 Å². The molecule has 1 atom stereocenters. The number of amides is 1. The highest BCUT2D eigenvalue weighted by molar-refractivity contribution is 5.94. The molecule has 1 heterocycles. The van der Waals surface area contributed by atoms with Crippen LogP contribution in [0, 0.1) is 11.6 Å². The molecule has 0 fully saturated rings.